The summed E-state index contributed by atoms with van der Waals surface area (Å²) in [5.74, 6) is 1.06. The van der Waals surface area contributed by atoms with Crippen molar-refractivity contribution in [1.82, 2.24) is 20.1 Å². The van der Waals surface area contributed by atoms with E-state index >= 15 is 0 Å². The minimum absolute atomic E-state index is 0.373. The highest BCUT2D eigenvalue weighted by Crippen LogP contribution is 2.33. The molecule has 2 unspecified atom stereocenters. The Bertz CT molecular complexity index is 1170. The zero-order valence-electron chi connectivity index (χ0n) is 20.9. The number of aryl methyl sites for hydroxylation is 1. The topological polar surface area (TPSA) is 102 Å². The molecule has 3 N–H and O–H groups in total. The molecule has 0 spiro atoms. The molecule has 2 aromatic rings. The SMILES string of the molecule is Cc1ncc(C2=CC=C(N3CCN(C(=O)NC(c4ccc(C(F)(F)F)cc4)C(C)(C)O)CC3)CC2O)o1. The van der Waals surface area contributed by atoms with Crippen molar-refractivity contribution < 1.29 is 32.6 Å². The highest BCUT2D eigenvalue weighted by molar-refractivity contribution is 5.75. The van der Waals surface area contributed by atoms with Gasteiger partial charge in [-0.05, 0) is 37.6 Å². The summed E-state index contributed by atoms with van der Waals surface area (Å²) in [6.07, 6.45) is 0.552. The van der Waals surface area contributed by atoms with Crippen molar-refractivity contribution in [3.05, 3.63) is 71.1 Å². The number of hydrogen-bond acceptors (Lipinski definition) is 6. The van der Waals surface area contributed by atoms with Crippen LogP contribution in [0.15, 0.2) is 52.7 Å². The van der Waals surface area contributed by atoms with E-state index in [4.69, 9.17) is 4.42 Å². The molecule has 2 aliphatic rings. The Kier molecular flexibility index (Phi) is 7.38. The Morgan fingerprint density at radius 2 is 1.78 bits per heavy atom. The Balaban J connectivity index is 1.38. The quantitative estimate of drug-likeness (QED) is 0.553. The Hall–Kier alpha value is -3.31. The number of halogens is 3. The number of carbonyl (C=O) groups is 1. The van der Waals surface area contributed by atoms with Gasteiger partial charge < -0.3 is 29.7 Å². The third-order valence-electron chi connectivity index (χ3n) is 6.64. The Morgan fingerprint density at radius 1 is 1.14 bits per heavy atom. The smallest absolute Gasteiger partial charge is 0.416 e. The van der Waals surface area contributed by atoms with Gasteiger partial charge in [-0.25, -0.2) is 9.78 Å². The average molecular weight is 521 g/mol. The standard InChI is InChI=1S/C26H31F3N4O4/c1-16-30-15-22(37-16)20-9-8-19(14-21(20)34)32-10-12-33(13-11-32)24(35)31-23(25(2,3)36)17-4-6-18(7-5-17)26(27,28)29/h4-9,15,21,23,34,36H,10-14H2,1-3H3,(H,31,35). The maximum atomic E-state index is 13.0. The number of allylic oxidation sites excluding steroid dienone is 2. The predicted octanol–water partition coefficient (Wildman–Crippen LogP) is 3.87. The number of benzene rings is 1. The van der Waals surface area contributed by atoms with Gasteiger partial charge in [-0.15, -0.1) is 0 Å². The van der Waals surface area contributed by atoms with Crippen LogP contribution in [0.4, 0.5) is 18.0 Å². The Morgan fingerprint density at radius 3 is 2.30 bits per heavy atom. The van der Waals surface area contributed by atoms with Crippen LogP contribution < -0.4 is 5.32 Å². The lowest BCUT2D eigenvalue weighted by Crippen LogP contribution is -2.54. The molecule has 4 rings (SSSR count). The van der Waals surface area contributed by atoms with Crippen LogP contribution in [-0.2, 0) is 6.18 Å². The molecule has 2 heterocycles. The third kappa shape index (κ3) is 6.16. The van der Waals surface area contributed by atoms with Gasteiger partial charge in [0.1, 0.15) is 0 Å². The summed E-state index contributed by atoms with van der Waals surface area (Å²) in [6.45, 7) is 6.63. The van der Waals surface area contributed by atoms with E-state index in [9.17, 15) is 28.2 Å². The second-order valence-electron chi connectivity index (χ2n) is 9.87. The van der Waals surface area contributed by atoms with E-state index in [1.807, 2.05) is 12.2 Å². The molecule has 1 fully saturated rings. The van der Waals surface area contributed by atoms with Crippen LogP contribution in [-0.4, -0.2) is 68.9 Å². The van der Waals surface area contributed by atoms with Gasteiger partial charge >= 0.3 is 12.2 Å². The molecule has 11 heteroatoms. The van der Waals surface area contributed by atoms with Crippen molar-refractivity contribution in [2.75, 3.05) is 26.2 Å². The maximum absolute atomic E-state index is 13.0. The number of aliphatic hydroxyl groups is 2. The van der Waals surface area contributed by atoms with E-state index < -0.39 is 35.5 Å². The maximum Gasteiger partial charge on any atom is 0.416 e. The monoisotopic (exact) mass is 520 g/mol. The lowest BCUT2D eigenvalue weighted by atomic mass is 9.91. The number of piperazine rings is 1. The summed E-state index contributed by atoms with van der Waals surface area (Å²) in [4.78, 5) is 20.8. The fourth-order valence-corrected chi connectivity index (χ4v) is 4.59. The Labute approximate surface area is 213 Å². The van der Waals surface area contributed by atoms with E-state index in [-0.39, 0.29) is 0 Å². The fourth-order valence-electron chi connectivity index (χ4n) is 4.59. The van der Waals surface area contributed by atoms with Crippen LogP contribution in [0.3, 0.4) is 0 Å². The molecule has 0 radical (unpaired) electrons. The summed E-state index contributed by atoms with van der Waals surface area (Å²) in [6, 6.07) is 3.11. The number of aliphatic hydroxyl groups excluding tert-OH is 1. The normalized spacial score (nSPS) is 19.8. The molecule has 1 aliphatic heterocycles. The number of nitrogens with zero attached hydrogens (tertiary/aromatic N) is 3. The summed E-state index contributed by atoms with van der Waals surface area (Å²) in [7, 11) is 0. The van der Waals surface area contributed by atoms with Crippen LogP contribution in [0.2, 0.25) is 0 Å². The minimum Gasteiger partial charge on any atom is -0.441 e. The van der Waals surface area contributed by atoms with E-state index in [0.29, 0.717) is 55.4 Å². The molecule has 200 valence electrons. The number of urea groups is 1. The summed E-state index contributed by atoms with van der Waals surface area (Å²) < 4.78 is 44.3. The van der Waals surface area contributed by atoms with E-state index in [0.717, 1.165) is 17.8 Å². The summed E-state index contributed by atoms with van der Waals surface area (Å²) >= 11 is 0. The number of carbonyl (C=O) groups excluding carboxylic acids is 1. The summed E-state index contributed by atoms with van der Waals surface area (Å²) in [5.41, 5.74) is -0.214. The van der Waals surface area contributed by atoms with Crippen molar-refractivity contribution in [3.8, 4) is 0 Å². The van der Waals surface area contributed by atoms with Gasteiger partial charge in [-0.1, -0.05) is 18.2 Å². The molecule has 2 amide bonds. The molecule has 2 atom stereocenters. The van der Waals surface area contributed by atoms with Crippen LogP contribution in [0.1, 0.15) is 49.1 Å². The minimum atomic E-state index is -4.47. The molecular formula is C26H31F3N4O4. The largest absolute Gasteiger partial charge is 0.441 e. The highest BCUT2D eigenvalue weighted by Gasteiger charge is 2.35. The lowest BCUT2D eigenvalue weighted by molar-refractivity contribution is -0.137. The second kappa shape index (κ2) is 10.2. The van der Waals surface area contributed by atoms with Gasteiger partial charge in [0.05, 0.1) is 29.5 Å². The predicted molar refractivity (Wildman–Crippen MR) is 130 cm³/mol. The highest BCUT2D eigenvalue weighted by atomic mass is 19.4. The first-order valence-electron chi connectivity index (χ1n) is 12.0. The number of alkyl halides is 3. The molecular weight excluding hydrogens is 489 g/mol. The second-order valence-corrected chi connectivity index (χ2v) is 9.87. The van der Waals surface area contributed by atoms with Crippen molar-refractivity contribution >= 4 is 11.6 Å². The van der Waals surface area contributed by atoms with E-state index in [1.165, 1.54) is 26.0 Å². The van der Waals surface area contributed by atoms with Gasteiger partial charge in [-0.3, -0.25) is 0 Å². The molecule has 1 aromatic heterocycles. The molecule has 1 aliphatic carbocycles. The zero-order valence-corrected chi connectivity index (χ0v) is 20.9. The first-order chi connectivity index (χ1) is 17.3. The van der Waals surface area contributed by atoms with Gasteiger partial charge in [-0.2, -0.15) is 13.2 Å². The summed E-state index contributed by atoms with van der Waals surface area (Å²) in [5, 5.41) is 24.1. The molecule has 1 aromatic carbocycles. The zero-order chi connectivity index (χ0) is 27.0. The van der Waals surface area contributed by atoms with Crippen molar-refractivity contribution in [3.63, 3.8) is 0 Å². The lowest BCUT2D eigenvalue weighted by Gasteiger charge is -2.40. The molecule has 1 saturated heterocycles. The van der Waals surface area contributed by atoms with Gasteiger partial charge in [0.15, 0.2) is 11.7 Å². The number of hydrogen-bond donors (Lipinski definition) is 3. The average Bonchev–Trinajstić information content (AvgIpc) is 3.27. The van der Waals surface area contributed by atoms with Gasteiger partial charge in [0.25, 0.3) is 0 Å². The van der Waals surface area contributed by atoms with Crippen molar-refractivity contribution in [1.29, 1.82) is 0 Å². The van der Waals surface area contributed by atoms with Crippen molar-refractivity contribution in [2.45, 2.75) is 51.1 Å². The molecule has 8 nitrogen and oxygen atoms in total. The number of nitrogens with one attached hydrogen (secondary N) is 1. The van der Waals surface area contributed by atoms with Crippen LogP contribution >= 0.6 is 0 Å². The third-order valence-corrected chi connectivity index (χ3v) is 6.64. The van der Waals surface area contributed by atoms with Gasteiger partial charge in [0.2, 0.25) is 0 Å². The molecule has 0 saturated carbocycles. The number of rotatable bonds is 5. The van der Waals surface area contributed by atoms with E-state index in [2.05, 4.69) is 15.2 Å². The van der Waals surface area contributed by atoms with Crippen LogP contribution in [0, 0.1) is 6.92 Å². The van der Waals surface area contributed by atoms with Crippen LogP contribution in [0.25, 0.3) is 5.57 Å². The van der Waals surface area contributed by atoms with Crippen molar-refractivity contribution in [2.24, 2.45) is 0 Å². The number of aromatic nitrogens is 1. The van der Waals surface area contributed by atoms with Gasteiger partial charge in [0, 0.05) is 50.8 Å². The fraction of sp³-hybridized carbons (Fsp3) is 0.462. The van der Waals surface area contributed by atoms with E-state index in [1.54, 1.807) is 18.0 Å². The number of amides is 2. The first kappa shape index (κ1) is 26.7. The first-order valence-corrected chi connectivity index (χ1v) is 12.0. The number of oxazole rings is 1. The molecule has 0 bridgehead atoms. The van der Waals surface area contributed by atoms with Crippen LogP contribution in [0.5, 0.6) is 0 Å². The molecule has 37 heavy (non-hydrogen) atoms.